The maximum atomic E-state index is 6.30. The number of fused-ring (bicyclic) bond motifs is 1. The molecule has 1 N–H and O–H groups in total. The summed E-state index contributed by atoms with van der Waals surface area (Å²) in [7, 11) is 0. The third-order valence-electron chi connectivity index (χ3n) is 3.18. The van der Waals surface area contributed by atoms with Crippen LogP contribution in [0.4, 0.5) is 0 Å². The Morgan fingerprint density at radius 1 is 1.25 bits per heavy atom. The highest BCUT2D eigenvalue weighted by atomic mass is 79.9. The summed E-state index contributed by atoms with van der Waals surface area (Å²) in [6.45, 7) is 9.45. The molecule has 0 fully saturated rings. The second kappa shape index (κ2) is 6.50. The smallest absolute Gasteiger partial charge is 0.153 e. The van der Waals surface area contributed by atoms with Gasteiger partial charge in [0.05, 0.1) is 11.6 Å². The van der Waals surface area contributed by atoms with E-state index in [1.807, 2.05) is 6.07 Å². The molecule has 0 spiro atoms. The predicted molar refractivity (Wildman–Crippen MR) is 89.4 cm³/mol. The van der Waals surface area contributed by atoms with Crippen molar-refractivity contribution in [1.82, 2.24) is 5.32 Å². The molecule has 20 heavy (non-hydrogen) atoms. The van der Waals surface area contributed by atoms with Crippen LogP contribution >= 0.6 is 27.5 Å². The fourth-order valence-electron chi connectivity index (χ4n) is 2.29. The summed E-state index contributed by atoms with van der Waals surface area (Å²) in [5.74, 6) is 1.58. The first-order valence-electron chi connectivity index (χ1n) is 7.01. The van der Waals surface area contributed by atoms with Crippen molar-refractivity contribution in [3.05, 3.63) is 33.0 Å². The third kappa shape index (κ3) is 3.57. The van der Waals surface area contributed by atoms with E-state index in [0.29, 0.717) is 17.0 Å². The molecule has 0 radical (unpaired) electrons. The largest absolute Gasteiger partial charge is 0.458 e. The van der Waals surface area contributed by atoms with Crippen LogP contribution in [-0.4, -0.2) is 6.04 Å². The van der Waals surface area contributed by atoms with Crippen molar-refractivity contribution < 1.29 is 4.42 Å². The van der Waals surface area contributed by atoms with Gasteiger partial charge in [0.1, 0.15) is 5.76 Å². The lowest BCUT2D eigenvalue weighted by Gasteiger charge is -2.09. The van der Waals surface area contributed by atoms with Crippen LogP contribution in [0.3, 0.4) is 0 Å². The van der Waals surface area contributed by atoms with Gasteiger partial charge in [-0.3, -0.25) is 0 Å². The molecule has 0 saturated carbocycles. The summed E-state index contributed by atoms with van der Waals surface area (Å²) in [5.41, 5.74) is 2.07. The zero-order valence-electron chi connectivity index (χ0n) is 12.4. The Morgan fingerprint density at radius 3 is 2.55 bits per heavy atom. The lowest BCUT2D eigenvalue weighted by atomic mass is 9.99. The Labute approximate surface area is 134 Å². The first-order chi connectivity index (χ1) is 9.38. The molecule has 0 aliphatic rings. The number of rotatable bonds is 5. The maximum Gasteiger partial charge on any atom is 0.153 e. The van der Waals surface area contributed by atoms with Crippen LogP contribution in [0.15, 0.2) is 21.0 Å². The van der Waals surface area contributed by atoms with Crippen LogP contribution in [0.5, 0.6) is 0 Å². The van der Waals surface area contributed by atoms with Crippen molar-refractivity contribution in [1.29, 1.82) is 0 Å². The first kappa shape index (κ1) is 15.9. The van der Waals surface area contributed by atoms with Crippen LogP contribution in [0, 0.1) is 5.92 Å². The molecule has 2 rings (SSSR count). The van der Waals surface area contributed by atoms with Gasteiger partial charge in [0, 0.05) is 21.5 Å². The normalized spacial score (nSPS) is 12.0. The number of hydrogen-bond acceptors (Lipinski definition) is 2. The van der Waals surface area contributed by atoms with Crippen molar-refractivity contribution in [2.45, 2.75) is 46.7 Å². The topological polar surface area (TPSA) is 25.2 Å². The fourth-order valence-corrected chi connectivity index (χ4v) is 3.14. The molecule has 0 aliphatic heterocycles. The lowest BCUT2D eigenvalue weighted by Crippen LogP contribution is -2.22. The number of furan rings is 1. The molecule has 0 saturated heterocycles. The molecule has 0 unspecified atom stereocenters. The quantitative estimate of drug-likeness (QED) is 0.758. The van der Waals surface area contributed by atoms with Crippen molar-refractivity contribution in [2.75, 3.05) is 0 Å². The molecular formula is C16H21BrClNO. The van der Waals surface area contributed by atoms with E-state index in [1.54, 1.807) is 0 Å². The Balaban J connectivity index is 2.51. The highest BCUT2D eigenvalue weighted by Crippen LogP contribution is 2.35. The second-order valence-electron chi connectivity index (χ2n) is 5.90. The van der Waals surface area contributed by atoms with Crippen LogP contribution in [0.1, 0.15) is 39.0 Å². The molecule has 0 atom stereocenters. The van der Waals surface area contributed by atoms with Gasteiger partial charge in [-0.2, -0.15) is 0 Å². The third-order valence-corrected chi connectivity index (χ3v) is 3.92. The summed E-state index contributed by atoms with van der Waals surface area (Å²) < 4.78 is 7.01. The van der Waals surface area contributed by atoms with Gasteiger partial charge in [0.25, 0.3) is 0 Å². The summed E-state index contributed by atoms with van der Waals surface area (Å²) in [6.07, 6.45) is 0.995. The SMILES string of the molecule is CC(C)Cc1c(CNC(C)C)oc2c(Cl)cc(Br)cc12. The molecule has 1 aromatic carbocycles. The van der Waals surface area contributed by atoms with Gasteiger partial charge in [0.2, 0.25) is 0 Å². The van der Waals surface area contributed by atoms with Crippen LogP contribution in [0.2, 0.25) is 5.02 Å². The van der Waals surface area contributed by atoms with E-state index in [-0.39, 0.29) is 0 Å². The Bertz CT molecular complexity index is 604. The van der Waals surface area contributed by atoms with Gasteiger partial charge in [-0.25, -0.2) is 0 Å². The van der Waals surface area contributed by atoms with E-state index in [0.717, 1.165) is 34.2 Å². The lowest BCUT2D eigenvalue weighted by molar-refractivity contribution is 0.478. The molecule has 110 valence electrons. The Kier molecular flexibility index (Phi) is 5.16. The average Bonchev–Trinajstić information content (AvgIpc) is 2.65. The molecule has 0 aliphatic carbocycles. The number of halogens is 2. The van der Waals surface area contributed by atoms with Crippen molar-refractivity contribution >= 4 is 38.5 Å². The van der Waals surface area contributed by atoms with Gasteiger partial charge >= 0.3 is 0 Å². The minimum absolute atomic E-state index is 0.428. The van der Waals surface area contributed by atoms with Gasteiger partial charge in [-0.1, -0.05) is 55.2 Å². The number of hydrogen-bond donors (Lipinski definition) is 1. The molecule has 1 aromatic heterocycles. The second-order valence-corrected chi connectivity index (χ2v) is 7.22. The van der Waals surface area contributed by atoms with E-state index in [9.17, 15) is 0 Å². The summed E-state index contributed by atoms with van der Waals surface area (Å²) in [5, 5.41) is 5.21. The van der Waals surface area contributed by atoms with Gasteiger partial charge < -0.3 is 9.73 Å². The zero-order chi connectivity index (χ0) is 14.9. The van der Waals surface area contributed by atoms with Crippen LogP contribution in [-0.2, 0) is 13.0 Å². The van der Waals surface area contributed by atoms with Crippen LogP contribution in [0.25, 0.3) is 11.0 Å². The fraction of sp³-hybridized carbons (Fsp3) is 0.500. The van der Waals surface area contributed by atoms with E-state index in [1.165, 1.54) is 5.56 Å². The highest BCUT2D eigenvalue weighted by Gasteiger charge is 2.18. The zero-order valence-corrected chi connectivity index (χ0v) is 14.7. The standard InChI is InChI=1S/C16H21BrClNO/c1-9(2)5-12-13-6-11(17)7-14(18)16(13)20-15(12)8-19-10(3)4/h6-7,9-10,19H,5,8H2,1-4H3. The average molecular weight is 359 g/mol. The summed E-state index contributed by atoms with van der Waals surface area (Å²) >= 11 is 9.82. The minimum Gasteiger partial charge on any atom is -0.458 e. The molecular weight excluding hydrogens is 338 g/mol. The molecule has 2 nitrogen and oxygen atoms in total. The maximum absolute atomic E-state index is 6.30. The predicted octanol–water partition coefficient (Wildman–Crippen LogP) is 5.55. The van der Waals surface area contributed by atoms with E-state index in [2.05, 4.69) is 55.0 Å². The molecule has 4 heteroatoms. The van der Waals surface area contributed by atoms with Gasteiger partial charge in [-0.15, -0.1) is 0 Å². The minimum atomic E-state index is 0.428. The first-order valence-corrected chi connectivity index (χ1v) is 8.18. The summed E-state index contributed by atoms with van der Waals surface area (Å²) in [4.78, 5) is 0. The highest BCUT2D eigenvalue weighted by molar-refractivity contribution is 9.10. The number of benzene rings is 1. The Hall–Kier alpha value is -0.510. The van der Waals surface area contributed by atoms with E-state index in [4.69, 9.17) is 16.0 Å². The van der Waals surface area contributed by atoms with E-state index < -0.39 is 0 Å². The van der Waals surface area contributed by atoms with Gasteiger partial charge in [0.15, 0.2) is 5.58 Å². The summed E-state index contributed by atoms with van der Waals surface area (Å²) in [6, 6.07) is 4.41. The van der Waals surface area contributed by atoms with Crippen LogP contribution < -0.4 is 5.32 Å². The molecule has 2 aromatic rings. The van der Waals surface area contributed by atoms with Crippen molar-refractivity contribution in [3.63, 3.8) is 0 Å². The molecule has 1 heterocycles. The van der Waals surface area contributed by atoms with E-state index >= 15 is 0 Å². The molecule has 0 bridgehead atoms. The number of nitrogens with one attached hydrogen (secondary N) is 1. The van der Waals surface area contributed by atoms with Gasteiger partial charge in [-0.05, 0) is 24.5 Å². The molecule has 0 amide bonds. The monoisotopic (exact) mass is 357 g/mol. The van der Waals surface area contributed by atoms with Crippen molar-refractivity contribution in [3.8, 4) is 0 Å². The van der Waals surface area contributed by atoms with Crippen molar-refractivity contribution in [2.24, 2.45) is 5.92 Å². The Morgan fingerprint density at radius 2 is 1.95 bits per heavy atom.